The van der Waals surface area contributed by atoms with Crippen LogP contribution < -0.4 is 5.32 Å². The van der Waals surface area contributed by atoms with Gasteiger partial charge in [0, 0.05) is 25.0 Å². The smallest absolute Gasteiger partial charge is 0.364 e. The summed E-state index contributed by atoms with van der Waals surface area (Å²) in [6, 6.07) is 22.8. The van der Waals surface area contributed by atoms with E-state index < -0.39 is 43.6 Å². The molecule has 0 saturated carbocycles. The minimum atomic E-state index is -5.16. The molecule has 6 rings (SSSR count). The highest BCUT2D eigenvalue weighted by Gasteiger charge is 2.57. The predicted molar refractivity (Wildman–Crippen MR) is 177 cm³/mol. The van der Waals surface area contributed by atoms with E-state index >= 15 is 4.39 Å². The van der Waals surface area contributed by atoms with Crippen molar-refractivity contribution in [1.29, 1.82) is 0 Å². The van der Waals surface area contributed by atoms with Crippen LogP contribution in [0.5, 0.6) is 0 Å². The van der Waals surface area contributed by atoms with E-state index in [4.69, 9.17) is 13.6 Å². The van der Waals surface area contributed by atoms with Gasteiger partial charge < -0.3 is 9.72 Å². The van der Waals surface area contributed by atoms with Gasteiger partial charge in [-0.1, -0.05) is 78.9 Å². The number of halogens is 5. The second-order valence-corrected chi connectivity index (χ2v) is 13.1. The molecule has 10 nitrogen and oxygen atoms in total. The van der Waals surface area contributed by atoms with Crippen LogP contribution in [0.3, 0.4) is 0 Å². The molecule has 0 amide bonds. The lowest BCUT2D eigenvalue weighted by Crippen LogP contribution is -2.50. The number of hydrogen-bond acceptors (Lipinski definition) is 9. The zero-order valence-corrected chi connectivity index (χ0v) is 27.8. The number of nitrogens with zero attached hydrogens (tertiary/aromatic N) is 5. The number of phosphoric ester groups is 1. The quantitative estimate of drug-likeness (QED) is 0.0875. The van der Waals surface area contributed by atoms with Gasteiger partial charge in [-0.15, -0.1) is 0 Å². The molecule has 0 radical (unpaired) electrons. The van der Waals surface area contributed by atoms with Crippen LogP contribution in [0, 0.1) is 11.6 Å². The second-order valence-electron chi connectivity index (χ2n) is 11.5. The van der Waals surface area contributed by atoms with Gasteiger partial charge in [0.2, 0.25) is 0 Å². The number of fused-ring (bicyclic) bond motifs is 1. The molecule has 0 bridgehead atoms. The van der Waals surface area contributed by atoms with E-state index in [0.29, 0.717) is 35.0 Å². The number of rotatable bonds is 14. The lowest BCUT2D eigenvalue weighted by Gasteiger charge is -2.34. The van der Waals surface area contributed by atoms with Crippen molar-refractivity contribution in [3.63, 3.8) is 0 Å². The second kappa shape index (κ2) is 15.0. The summed E-state index contributed by atoms with van der Waals surface area (Å²) < 4.78 is 105. The van der Waals surface area contributed by atoms with Gasteiger partial charge in [0.25, 0.3) is 0 Å². The summed E-state index contributed by atoms with van der Waals surface area (Å²) in [5.41, 5.74) is -0.998. The third-order valence-corrected chi connectivity index (χ3v) is 9.22. The summed E-state index contributed by atoms with van der Waals surface area (Å²) in [6.07, 6.45) is 0.268. The van der Waals surface area contributed by atoms with E-state index in [1.807, 2.05) is 0 Å². The molecule has 1 unspecified atom stereocenters. The zero-order valence-electron chi connectivity index (χ0n) is 26.9. The monoisotopic (exact) mass is 724 g/mol. The van der Waals surface area contributed by atoms with Crippen molar-refractivity contribution >= 4 is 19.3 Å². The SMILES string of the molecule is CC(CNc1nc(-c2cn3ccnc3c(Cc3ccccc3F)n2)ncc1F)(OP(=O)(OCc1ccccc1)OCc1ccccc1)C(F)(F)F. The van der Waals surface area contributed by atoms with E-state index in [1.165, 1.54) is 18.5 Å². The maximum absolute atomic E-state index is 15.0. The van der Waals surface area contributed by atoms with Crippen LogP contribution in [-0.2, 0) is 37.8 Å². The molecule has 1 atom stereocenters. The summed E-state index contributed by atoms with van der Waals surface area (Å²) in [5, 5.41) is 2.33. The van der Waals surface area contributed by atoms with Gasteiger partial charge >= 0.3 is 14.0 Å². The van der Waals surface area contributed by atoms with Crippen LogP contribution in [0.25, 0.3) is 17.2 Å². The van der Waals surface area contributed by atoms with Crippen molar-refractivity contribution in [3.05, 3.63) is 144 Å². The molecule has 0 aliphatic heterocycles. The molecular weight excluding hydrogens is 694 g/mol. The summed E-state index contributed by atoms with van der Waals surface area (Å²) in [5.74, 6) is -2.30. The fraction of sp³-hybridized carbons (Fsp3) is 0.200. The summed E-state index contributed by atoms with van der Waals surface area (Å²) in [7, 11) is -4.95. The first-order chi connectivity index (χ1) is 24.4. The van der Waals surface area contributed by atoms with Crippen molar-refractivity contribution in [2.75, 3.05) is 11.9 Å². The van der Waals surface area contributed by atoms with E-state index in [-0.39, 0.29) is 31.2 Å². The van der Waals surface area contributed by atoms with Gasteiger partial charge in [-0.2, -0.15) is 13.2 Å². The third-order valence-electron chi connectivity index (χ3n) is 7.70. The number of imidazole rings is 1. The van der Waals surface area contributed by atoms with Crippen molar-refractivity contribution in [2.45, 2.75) is 38.3 Å². The standard InChI is InChI=1S/C35H30F5N6O4P/c1-34(35(38,39)40,50-51(47,48-21-24-10-4-2-5-11-24)49-22-25-12-6-3-7-13-25)23-43-31-28(37)19-42-32(45-31)30-20-46-17-16-41-33(46)29(44-30)18-26-14-8-9-15-27(26)36/h2-17,19-20H,18,21-23H2,1H3,(H,42,43,45). The highest BCUT2D eigenvalue weighted by Crippen LogP contribution is 2.56. The van der Waals surface area contributed by atoms with Crippen LogP contribution >= 0.6 is 7.82 Å². The van der Waals surface area contributed by atoms with Gasteiger partial charge in [-0.05, 0) is 29.7 Å². The molecular formula is C35H30F5N6O4P. The Morgan fingerprint density at radius 2 is 1.45 bits per heavy atom. The van der Waals surface area contributed by atoms with E-state index in [2.05, 4.69) is 25.3 Å². The lowest BCUT2D eigenvalue weighted by molar-refractivity contribution is -0.242. The summed E-state index contributed by atoms with van der Waals surface area (Å²) in [4.78, 5) is 16.9. The average molecular weight is 725 g/mol. The summed E-state index contributed by atoms with van der Waals surface area (Å²) in [6.45, 7) is -1.30. The van der Waals surface area contributed by atoms with Crippen LogP contribution in [0.1, 0.15) is 29.3 Å². The van der Waals surface area contributed by atoms with Crippen molar-refractivity contribution in [3.8, 4) is 11.5 Å². The maximum Gasteiger partial charge on any atom is 0.476 e. The molecule has 3 heterocycles. The highest BCUT2D eigenvalue weighted by atomic mass is 31.2. The first-order valence-corrected chi connectivity index (χ1v) is 16.9. The van der Waals surface area contributed by atoms with Crippen LogP contribution in [0.15, 0.2) is 110 Å². The van der Waals surface area contributed by atoms with Gasteiger partial charge in [-0.3, -0.25) is 13.6 Å². The lowest BCUT2D eigenvalue weighted by atomic mass is 10.1. The van der Waals surface area contributed by atoms with E-state index in [0.717, 1.165) is 6.20 Å². The van der Waals surface area contributed by atoms with Crippen LogP contribution in [-0.4, -0.2) is 42.7 Å². The Balaban J connectivity index is 1.26. The number of hydrogen-bond donors (Lipinski definition) is 1. The Morgan fingerprint density at radius 3 is 2.08 bits per heavy atom. The maximum atomic E-state index is 15.0. The molecule has 0 fully saturated rings. The fourth-order valence-electron chi connectivity index (χ4n) is 4.89. The Labute approximate surface area is 288 Å². The molecule has 3 aromatic heterocycles. The van der Waals surface area contributed by atoms with Gasteiger partial charge in [-0.25, -0.2) is 33.3 Å². The highest BCUT2D eigenvalue weighted by molar-refractivity contribution is 7.48. The van der Waals surface area contributed by atoms with Gasteiger partial charge in [0.15, 0.2) is 28.7 Å². The zero-order chi connectivity index (χ0) is 36.1. The van der Waals surface area contributed by atoms with Crippen molar-refractivity contribution < 1.29 is 40.1 Å². The van der Waals surface area contributed by atoms with Crippen molar-refractivity contribution in [2.24, 2.45) is 0 Å². The molecule has 16 heteroatoms. The Kier molecular flexibility index (Phi) is 10.5. The largest absolute Gasteiger partial charge is 0.476 e. The molecule has 51 heavy (non-hydrogen) atoms. The molecule has 0 aliphatic rings. The van der Waals surface area contributed by atoms with Crippen LogP contribution in [0.2, 0.25) is 0 Å². The molecule has 3 aromatic carbocycles. The minimum absolute atomic E-state index is 0.0490. The topological polar surface area (TPSA) is 113 Å². The Morgan fingerprint density at radius 1 is 0.824 bits per heavy atom. The molecule has 1 N–H and O–H groups in total. The number of aromatic nitrogens is 5. The fourth-order valence-corrected chi connectivity index (χ4v) is 6.34. The molecule has 264 valence electrons. The van der Waals surface area contributed by atoms with E-state index in [1.54, 1.807) is 89.5 Å². The van der Waals surface area contributed by atoms with E-state index in [9.17, 15) is 22.1 Å². The first-order valence-electron chi connectivity index (χ1n) is 15.5. The first kappa shape index (κ1) is 35.7. The Bertz CT molecular complexity index is 2110. The average Bonchev–Trinajstić information content (AvgIpc) is 3.60. The van der Waals surface area contributed by atoms with Gasteiger partial charge in [0.1, 0.15) is 11.5 Å². The number of anilines is 1. The number of benzene rings is 3. The molecule has 0 spiro atoms. The number of alkyl halides is 3. The van der Waals surface area contributed by atoms with Crippen LogP contribution in [0.4, 0.5) is 27.8 Å². The number of nitrogens with one attached hydrogen (secondary N) is 1. The predicted octanol–water partition coefficient (Wildman–Crippen LogP) is 8.35. The molecule has 6 aromatic rings. The number of phosphoric acid groups is 1. The van der Waals surface area contributed by atoms with Gasteiger partial charge in [0.05, 0.1) is 31.6 Å². The van der Waals surface area contributed by atoms with Crippen molar-refractivity contribution in [1.82, 2.24) is 24.3 Å². The third kappa shape index (κ3) is 8.63. The Hall–Kier alpha value is -5.08. The molecule has 0 aliphatic carbocycles. The normalized spacial score (nSPS) is 13.3. The minimum Gasteiger partial charge on any atom is -0.364 e. The summed E-state index contributed by atoms with van der Waals surface area (Å²) >= 11 is 0. The molecule has 0 saturated heterocycles.